The molecule has 8 rings (SSSR count). The number of hydrogen-bond donors (Lipinski definition) is 0. The summed E-state index contributed by atoms with van der Waals surface area (Å²) in [4.78, 5) is 18.6. The Hall–Kier alpha value is -3.74. The van der Waals surface area contributed by atoms with Crippen LogP contribution in [0.25, 0.3) is 72.1 Å². The summed E-state index contributed by atoms with van der Waals surface area (Å²) in [6.07, 6.45) is 0. The highest BCUT2D eigenvalue weighted by atomic mass is 32.1. The summed E-state index contributed by atoms with van der Waals surface area (Å²) in [6, 6.07) is 26.0. The van der Waals surface area contributed by atoms with E-state index in [0.29, 0.717) is 0 Å². The van der Waals surface area contributed by atoms with Gasteiger partial charge in [-0.15, -0.1) is 45.3 Å². The summed E-state index contributed by atoms with van der Waals surface area (Å²) in [5, 5.41) is 2.10. The predicted molar refractivity (Wildman–Crippen MR) is 190 cm³/mol. The zero-order valence-corrected chi connectivity index (χ0v) is 27.7. The molecular weight excluding hydrogens is 629 g/mol. The molecule has 0 radical (unpaired) electrons. The van der Waals surface area contributed by atoms with E-state index in [2.05, 4.69) is 111 Å². The minimum absolute atomic E-state index is 0.947. The van der Waals surface area contributed by atoms with E-state index in [1.54, 1.807) is 45.3 Å². The Morgan fingerprint density at radius 2 is 0.930 bits per heavy atom. The number of aromatic nitrogens is 4. The average Bonchev–Trinajstić information content (AvgIpc) is 3.82. The number of thiazole rings is 2. The van der Waals surface area contributed by atoms with Crippen LogP contribution in [-0.2, 0) is 0 Å². The van der Waals surface area contributed by atoms with Gasteiger partial charge in [0.2, 0.25) is 0 Å². The predicted octanol–water partition coefficient (Wildman–Crippen LogP) is 9.83. The van der Waals surface area contributed by atoms with Crippen molar-refractivity contribution < 1.29 is 0 Å². The number of rotatable bonds is 6. The van der Waals surface area contributed by atoms with Crippen LogP contribution in [0.1, 0.15) is 0 Å². The van der Waals surface area contributed by atoms with Crippen LogP contribution in [0.2, 0.25) is 0 Å². The minimum atomic E-state index is 0.947. The third kappa shape index (κ3) is 4.72. The zero-order valence-electron chi connectivity index (χ0n) is 23.7. The van der Waals surface area contributed by atoms with Gasteiger partial charge in [-0.1, -0.05) is 12.1 Å². The highest BCUT2D eigenvalue weighted by Crippen LogP contribution is 2.45. The van der Waals surface area contributed by atoms with Crippen molar-refractivity contribution in [1.82, 2.24) is 18.7 Å². The van der Waals surface area contributed by atoms with E-state index in [0.717, 1.165) is 53.0 Å². The first-order chi connectivity index (χ1) is 20.9. The van der Waals surface area contributed by atoms with Gasteiger partial charge in [-0.05, 0) is 60.7 Å². The Kier molecular flexibility index (Phi) is 6.53. The summed E-state index contributed by atoms with van der Waals surface area (Å²) >= 11 is 8.19. The molecule has 0 fully saturated rings. The summed E-state index contributed by atoms with van der Waals surface area (Å²) in [5.41, 5.74) is 8.78. The molecule has 0 unspecified atom stereocenters. The van der Waals surface area contributed by atoms with Crippen LogP contribution in [0.5, 0.6) is 0 Å². The van der Waals surface area contributed by atoms with Crippen molar-refractivity contribution in [3.8, 4) is 42.0 Å². The molecule has 0 spiro atoms. The first-order valence-electron chi connectivity index (χ1n) is 13.5. The molecule has 8 aromatic rings. The Bertz CT molecular complexity index is 2030. The fourth-order valence-corrected chi connectivity index (χ4v) is 10.1. The first kappa shape index (κ1) is 26.9. The van der Waals surface area contributed by atoms with Crippen molar-refractivity contribution >= 4 is 98.5 Å². The summed E-state index contributed by atoms with van der Waals surface area (Å²) in [7, 11) is 8.22. The highest BCUT2D eigenvalue weighted by Gasteiger charge is 2.19. The van der Waals surface area contributed by atoms with Gasteiger partial charge >= 0.3 is 0 Å². The van der Waals surface area contributed by atoms with Gasteiger partial charge in [0.25, 0.3) is 0 Å². The lowest BCUT2D eigenvalue weighted by atomic mass is 10.1. The lowest BCUT2D eigenvalue weighted by molar-refractivity contribution is 1.13. The number of hydrogen-bond acceptors (Lipinski definition) is 11. The second-order valence-electron chi connectivity index (χ2n) is 10.6. The van der Waals surface area contributed by atoms with Crippen molar-refractivity contribution in [2.24, 2.45) is 0 Å². The van der Waals surface area contributed by atoms with E-state index in [9.17, 15) is 0 Å². The van der Waals surface area contributed by atoms with Gasteiger partial charge in [0.1, 0.15) is 30.7 Å². The van der Waals surface area contributed by atoms with E-state index in [1.165, 1.54) is 42.3 Å². The quantitative estimate of drug-likeness (QED) is 0.178. The molecule has 0 aliphatic rings. The van der Waals surface area contributed by atoms with Gasteiger partial charge in [0, 0.05) is 71.6 Å². The molecule has 0 saturated carbocycles. The van der Waals surface area contributed by atoms with Crippen molar-refractivity contribution in [2.75, 3.05) is 38.0 Å². The highest BCUT2D eigenvalue weighted by molar-refractivity contribution is 7.31. The number of anilines is 2. The third-order valence-corrected chi connectivity index (χ3v) is 12.4. The minimum Gasteiger partial charge on any atom is -0.378 e. The third-order valence-electron chi connectivity index (χ3n) is 7.39. The smallest absolute Gasteiger partial charge is 0.135 e. The van der Waals surface area contributed by atoms with Crippen LogP contribution >= 0.6 is 57.1 Å². The molecule has 0 saturated heterocycles. The van der Waals surface area contributed by atoms with Crippen molar-refractivity contribution in [3.05, 3.63) is 72.8 Å². The first-order valence-corrected chi connectivity index (χ1v) is 17.5. The second-order valence-corrected chi connectivity index (χ2v) is 15.3. The van der Waals surface area contributed by atoms with Crippen LogP contribution in [0.4, 0.5) is 11.4 Å². The maximum absolute atomic E-state index is 4.98. The lowest BCUT2D eigenvalue weighted by Gasteiger charge is -2.11. The molecule has 0 aliphatic carbocycles. The molecule has 0 N–H and O–H groups in total. The van der Waals surface area contributed by atoms with Crippen LogP contribution in [-0.4, -0.2) is 46.9 Å². The summed E-state index contributed by atoms with van der Waals surface area (Å²) < 4.78 is 11.9. The molecule has 5 aromatic heterocycles. The van der Waals surface area contributed by atoms with Crippen LogP contribution < -0.4 is 9.80 Å². The van der Waals surface area contributed by atoms with E-state index in [1.807, 2.05) is 0 Å². The standard InChI is InChI=1S/C32H24N6S5/c1-37(2)19-9-5-17(6-10-19)29-33-31-25(41-29)15-23(39-31)21-13-14-22(28-27(21)35-43-36-28)24-16-26-32(40-24)34-30(42-26)18-7-11-20(12-8-18)38(3)4/h5-16H,1-4H3. The average molecular weight is 653 g/mol. The fourth-order valence-electron chi connectivity index (χ4n) is 5.05. The molecule has 5 heterocycles. The normalized spacial score (nSPS) is 11.7. The van der Waals surface area contributed by atoms with Gasteiger partial charge in [-0.25, -0.2) is 9.97 Å². The molecule has 212 valence electrons. The molecule has 6 nitrogen and oxygen atoms in total. The van der Waals surface area contributed by atoms with Crippen LogP contribution in [0.15, 0.2) is 72.8 Å². The van der Waals surface area contributed by atoms with E-state index < -0.39 is 0 Å². The van der Waals surface area contributed by atoms with Crippen LogP contribution in [0.3, 0.4) is 0 Å². The van der Waals surface area contributed by atoms with E-state index >= 15 is 0 Å². The number of nitrogens with zero attached hydrogens (tertiary/aromatic N) is 6. The number of benzene rings is 3. The van der Waals surface area contributed by atoms with Gasteiger partial charge < -0.3 is 9.80 Å². The second kappa shape index (κ2) is 10.5. The maximum atomic E-state index is 4.98. The number of thiophene rings is 2. The lowest BCUT2D eigenvalue weighted by Crippen LogP contribution is -2.07. The molecule has 3 aromatic carbocycles. The van der Waals surface area contributed by atoms with Gasteiger partial charge in [0.05, 0.1) is 21.1 Å². The fraction of sp³-hybridized carbons (Fsp3) is 0.125. The molecule has 0 bridgehead atoms. The van der Waals surface area contributed by atoms with Crippen molar-refractivity contribution in [2.45, 2.75) is 0 Å². The molecule has 11 heteroatoms. The number of fused-ring (bicyclic) bond motifs is 3. The summed E-state index contributed by atoms with van der Waals surface area (Å²) in [5.74, 6) is 0. The van der Waals surface area contributed by atoms with Crippen molar-refractivity contribution in [1.29, 1.82) is 0 Å². The van der Waals surface area contributed by atoms with Crippen LogP contribution in [0, 0.1) is 0 Å². The molecule has 0 atom stereocenters. The Labute approximate surface area is 268 Å². The van der Waals surface area contributed by atoms with Gasteiger partial charge in [-0.2, -0.15) is 8.75 Å². The van der Waals surface area contributed by atoms with Gasteiger partial charge in [0.15, 0.2) is 0 Å². The Morgan fingerprint density at radius 3 is 1.30 bits per heavy atom. The topological polar surface area (TPSA) is 58.0 Å². The molecular formula is C32H24N6S5. The zero-order chi connectivity index (χ0) is 29.2. The SMILES string of the molecule is CN(C)c1ccc(-c2nc3sc(-c4ccc(-c5cc6sc(-c7ccc(N(C)C)cc7)nc6s5)c5nsnc45)cc3s2)cc1. The molecule has 0 amide bonds. The largest absolute Gasteiger partial charge is 0.378 e. The van der Waals surface area contributed by atoms with Gasteiger partial charge in [-0.3, -0.25) is 0 Å². The summed E-state index contributed by atoms with van der Waals surface area (Å²) in [6.45, 7) is 0. The monoisotopic (exact) mass is 652 g/mol. The Morgan fingerprint density at radius 1 is 0.512 bits per heavy atom. The molecule has 0 aliphatic heterocycles. The van der Waals surface area contributed by atoms with Crippen molar-refractivity contribution in [3.63, 3.8) is 0 Å². The molecule has 43 heavy (non-hydrogen) atoms. The van der Waals surface area contributed by atoms with E-state index in [4.69, 9.17) is 18.7 Å². The maximum Gasteiger partial charge on any atom is 0.135 e. The van der Waals surface area contributed by atoms with E-state index in [-0.39, 0.29) is 0 Å². The Balaban J connectivity index is 1.10.